The SMILES string of the molecule is CCCCCCCCCCCCNC(=O)CN(NC(=O)CCCCCCCCCCC)C(=O)CN.Cl. The Balaban J connectivity index is 0. The third-order valence-electron chi connectivity index (χ3n) is 6.40. The number of rotatable bonds is 24. The molecule has 0 rings (SSSR count). The number of nitrogens with two attached hydrogens (primary N) is 1. The minimum absolute atomic E-state index is 0. The number of unbranched alkanes of at least 4 members (excludes halogenated alkanes) is 17. The Morgan fingerprint density at radius 2 is 1.03 bits per heavy atom. The van der Waals surface area contributed by atoms with Crippen LogP contribution in [0.25, 0.3) is 0 Å². The Labute approximate surface area is 227 Å². The van der Waals surface area contributed by atoms with Gasteiger partial charge in [0.1, 0.15) is 6.54 Å². The summed E-state index contributed by atoms with van der Waals surface area (Å²) < 4.78 is 0. The van der Waals surface area contributed by atoms with Gasteiger partial charge in [-0.3, -0.25) is 19.8 Å². The average Bonchev–Trinajstić information content (AvgIpc) is 2.85. The fourth-order valence-electron chi connectivity index (χ4n) is 4.14. The molecule has 0 unspecified atom stereocenters. The summed E-state index contributed by atoms with van der Waals surface area (Å²) in [5, 5.41) is 3.91. The highest BCUT2D eigenvalue weighted by Crippen LogP contribution is 2.11. The van der Waals surface area contributed by atoms with Crippen molar-refractivity contribution in [1.82, 2.24) is 15.8 Å². The Hall–Kier alpha value is -1.34. The van der Waals surface area contributed by atoms with Crippen LogP contribution in [-0.2, 0) is 14.4 Å². The van der Waals surface area contributed by atoms with E-state index in [0.717, 1.165) is 37.1 Å². The minimum Gasteiger partial charge on any atom is -0.354 e. The largest absolute Gasteiger partial charge is 0.354 e. The molecule has 8 heteroatoms. The molecule has 0 radical (unpaired) electrons. The molecule has 36 heavy (non-hydrogen) atoms. The van der Waals surface area contributed by atoms with Crippen LogP contribution in [0.5, 0.6) is 0 Å². The molecule has 0 spiro atoms. The van der Waals surface area contributed by atoms with Gasteiger partial charge in [0.05, 0.1) is 6.54 Å². The number of nitrogens with one attached hydrogen (secondary N) is 2. The van der Waals surface area contributed by atoms with Crippen molar-refractivity contribution in [1.29, 1.82) is 0 Å². The Bertz CT molecular complexity index is 535. The molecule has 0 saturated heterocycles. The topological polar surface area (TPSA) is 105 Å². The van der Waals surface area contributed by atoms with E-state index >= 15 is 0 Å². The first-order chi connectivity index (χ1) is 17.0. The Kier molecular flexibility index (Phi) is 28.9. The number of carbonyl (C=O) groups is 3. The van der Waals surface area contributed by atoms with E-state index < -0.39 is 5.91 Å². The van der Waals surface area contributed by atoms with Gasteiger partial charge in [-0.25, -0.2) is 5.01 Å². The van der Waals surface area contributed by atoms with Gasteiger partial charge in [-0.15, -0.1) is 12.4 Å². The molecular formula is C28H57ClN4O3. The molecule has 0 heterocycles. The van der Waals surface area contributed by atoms with Gasteiger partial charge < -0.3 is 11.1 Å². The molecule has 0 fully saturated rings. The van der Waals surface area contributed by atoms with Crippen molar-refractivity contribution < 1.29 is 14.4 Å². The second-order valence-electron chi connectivity index (χ2n) is 9.83. The molecule has 214 valence electrons. The van der Waals surface area contributed by atoms with Crippen molar-refractivity contribution in [2.75, 3.05) is 19.6 Å². The number of hydrogen-bond acceptors (Lipinski definition) is 4. The number of hydrazine groups is 1. The molecule has 0 saturated carbocycles. The summed E-state index contributed by atoms with van der Waals surface area (Å²) >= 11 is 0. The van der Waals surface area contributed by atoms with Crippen LogP contribution >= 0.6 is 12.4 Å². The molecular weight excluding hydrogens is 476 g/mol. The van der Waals surface area contributed by atoms with Gasteiger partial charge in [0.2, 0.25) is 11.8 Å². The van der Waals surface area contributed by atoms with Crippen molar-refractivity contribution >= 4 is 30.1 Å². The highest BCUT2D eigenvalue weighted by atomic mass is 35.5. The van der Waals surface area contributed by atoms with Gasteiger partial charge >= 0.3 is 0 Å². The summed E-state index contributed by atoms with van der Waals surface area (Å²) in [5.74, 6) is -0.970. The maximum atomic E-state index is 12.2. The summed E-state index contributed by atoms with van der Waals surface area (Å²) in [5.41, 5.74) is 8.03. The first-order valence-corrected chi connectivity index (χ1v) is 14.6. The fraction of sp³-hybridized carbons (Fsp3) is 0.893. The van der Waals surface area contributed by atoms with Crippen molar-refractivity contribution in [2.24, 2.45) is 5.73 Å². The zero-order chi connectivity index (χ0) is 26.0. The molecule has 0 aliphatic rings. The number of hydrogen-bond donors (Lipinski definition) is 3. The fourth-order valence-corrected chi connectivity index (χ4v) is 4.14. The number of nitrogens with zero attached hydrogens (tertiary/aromatic N) is 1. The first kappa shape index (κ1) is 36.8. The van der Waals surface area contributed by atoms with Crippen molar-refractivity contribution in [3.8, 4) is 0 Å². The summed E-state index contributed by atoms with van der Waals surface area (Å²) in [6.45, 7) is 4.61. The molecule has 0 aliphatic heterocycles. The van der Waals surface area contributed by atoms with E-state index in [4.69, 9.17) is 5.73 Å². The molecule has 0 aromatic rings. The molecule has 0 bridgehead atoms. The second kappa shape index (κ2) is 28.2. The predicted molar refractivity (Wildman–Crippen MR) is 153 cm³/mol. The van der Waals surface area contributed by atoms with Crippen LogP contribution in [0.15, 0.2) is 0 Å². The lowest BCUT2D eigenvalue weighted by atomic mass is 10.1. The van der Waals surface area contributed by atoms with Gasteiger partial charge in [-0.2, -0.15) is 0 Å². The lowest BCUT2D eigenvalue weighted by molar-refractivity contribution is -0.143. The monoisotopic (exact) mass is 532 g/mol. The van der Waals surface area contributed by atoms with Crippen LogP contribution in [0.3, 0.4) is 0 Å². The summed E-state index contributed by atoms with van der Waals surface area (Å²) in [7, 11) is 0. The summed E-state index contributed by atoms with van der Waals surface area (Å²) in [4.78, 5) is 36.6. The molecule has 0 aliphatic carbocycles. The normalized spacial score (nSPS) is 10.5. The second-order valence-corrected chi connectivity index (χ2v) is 9.83. The molecule has 3 amide bonds. The zero-order valence-corrected chi connectivity index (χ0v) is 24.2. The third-order valence-corrected chi connectivity index (χ3v) is 6.40. The van der Waals surface area contributed by atoms with E-state index in [2.05, 4.69) is 24.6 Å². The third kappa shape index (κ3) is 24.4. The van der Waals surface area contributed by atoms with Gasteiger partial charge in [0, 0.05) is 13.0 Å². The zero-order valence-electron chi connectivity index (χ0n) is 23.4. The number of amides is 3. The first-order valence-electron chi connectivity index (χ1n) is 14.6. The lowest BCUT2D eigenvalue weighted by Gasteiger charge is -2.22. The standard InChI is InChI=1S/C28H56N4O3.ClH/c1-3-5-7-9-11-13-15-17-19-21-23-30-27(34)25-32(28(35)24-29)31-26(33)22-20-18-16-14-12-10-8-6-4-2;/h3-25,29H2,1-2H3,(H,30,34)(H,31,33);1H. The highest BCUT2D eigenvalue weighted by Gasteiger charge is 2.18. The molecule has 7 nitrogen and oxygen atoms in total. The summed E-state index contributed by atoms with van der Waals surface area (Å²) in [6.07, 6.45) is 23.4. The van der Waals surface area contributed by atoms with Gasteiger partial charge in [0.15, 0.2) is 0 Å². The molecule has 0 aromatic heterocycles. The van der Waals surface area contributed by atoms with Crippen molar-refractivity contribution in [2.45, 2.75) is 142 Å². The van der Waals surface area contributed by atoms with Gasteiger partial charge in [0.25, 0.3) is 5.91 Å². The van der Waals surface area contributed by atoms with Crippen molar-refractivity contribution in [3.05, 3.63) is 0 Å². The minimum atomic E-state index is -0.459. The Morgan fingerprint density at radius 3 is 1.47 bits per heavy atom. The van der Waals surface area contributed by atoms with E-state index in [1.54, 1.807) is 0 Å². The van der Waals surface area contributed by atoms with E-state index in [0.29, 0.717) is 13.0 Å². The average molecular weight is 533 g/mol. The molecule has 0 atom stereocenters. The summed E-state index contributed by atoms with van der Waals surface area (Å²) in [6, 6.07) is 0. The van der Waals surface area contributed by atoms with E-state index in [9.17, 15) is 14.4 Å². The Morgan fingerprint density at radius 1 is 0.611 bits per heavy atom. The van der Waals surface area contributed by atoms with Crippen LogP contribution in [0.4, 0.5) is 0 Å². The van der Waals surface area contributed by atoms with E-state index in [-0.39, 0.29) is 37.3 Å². The van der Waals surface area contributed by atoms with Crippen LogP contribution in [0, 0.1) is 0 Å². The van der Waals surface area contributed by atoms with Crippen LogP contribution in [-0.4, -0.2) is 42.4 Å². The van der Waals surface area contributed by atoms with Crippen LogP contribution < -0.4 is 16.5 Å². The maximum Gasteiger partial charge on any atom is 0.255 e. The van der Waals surface area contributed by atoms with E-state index in [1.165, 1.54) is 89.9 Å². The maximum absolute atomic E-state index is 12.2. The highest BCUT2D eigenvalue weighted by molar-refractivity contribution is 5.88. The number of halogens is 1. The molecule has 4 N–H and O–H groups in total. The predicted octanol–water partition coefficient (Wildman–Crippen LogP) is 6.18. The lowest BCUT2D eigenvalue weighted by Crippen LogP contribution is -2.52. The molecule has 0 aromatic carbocycles. The van der Waals surface area contributed by atoms with Crippen LogP contribution in [0.2, 0.25) is 0 Å². The van der Waals surface area contributed by atoms with Crippen molar-refractivity contribution in [3.63, 3.8) is 0 Å². The quantitative estimate of drug-likeness (QED) is 0.102. The van der Waals surface area contributed by atoms with Gasteiger partial charge in [-0.05, 0) is 12.8 Å². The van der Waals surface area contributed by atoms with Crippen LogP contribution in [0.1, 0.15) is 142 Å². The van der Waals surface area contributed by atoms with Gasteiger partial charge in [-0.1, -0.05) is 123 Å². The smallest absolute Gasteiger partial charge is 0.255 e. The number of carbonyl (C=O) groups excluding carboxylic acids is 3. The van der Waals surface area contributed by atoms with E-state index in [1.807, 2.05) is 0 Å².